The Bertz CT molecular complexity index is 588. The first-order valence-electron chi connectivity index (χ1n) is 6.98. The normalized spacial score (nSPS) is 11.1. The standard InChI is InChI=1S/C15H21N3O5/c1-9-6-5-7-12(10(9)2)23-11(3)14(20)18-17-13(19)8-16-15(21)22-4/h5-7,11H,8H2,1-4H3,(H,16,21)(H,17,19)(H,18,20)/t11-/m0/s1. The average Bonchev–Trinajstić information content (AvgIpc) is 2.54. The molecule has 0 radical (unpaired) electrons. The number of carbonyl (C=O) groups is 3. The minimum atomic E-state index is -0.802. The van der Waals surface area contributed by atoms with Crippen molar-refractivity contribution in [3.05, 3.63) is 29.3 Å². The molecule has 3 amide bonds. The minimum absolute atomic E-state index is 0.320. The smallest absolute Gasteiger partial charge is 0.407 e. The lowest BCUT2D eigenvalue weighted by atomic mass is 10.1. The number of nitrogens with one attached hydrogen (secondary N) is 3. The average molecular weight is 323 g/mol. The first-order chi connectivity index (χ1) is 10.8. The lowest BCUT2D eigenvalue weighted by Crippen LogP contribution is -2.50. The van der Waals surface area contributed by atoms with Gasteiger partial charge in [0.1, 0.15) is 12.3 Å². The van der Waals surface area contributed by atoms with Gasteiger partial charge in [0.05, 0.1) is 7.11 Å². The van der Waals surface area contributed by atoms with Crippen LogP contribution in [-0.2, 0) is 14.3 Å². The Morgan fingerprint density at radius 1 is 1.17 bits per heavy atom. The van der Waals surface area contributed by atoms with Crippen LogP contribution in [0.25, 0.3) is 0 Å². The van der Waals surface area contributed by atoms with Gasteiger partial charge in [-0.1, -0.05) is 12.1 Å². The first kappa shape index (κ1) is 18.3. The maximum Gasteiger partial charge on any atom is 0.407 e. The fourth-order valence-electron chi connectivity index (χ4n) is 1.60. The molecule has 0 fully saturated rings. The highest BCUT2D eigenvalue weighted by molar-refractivity contribution is 5.86. The molecular formula is C15H21N3O5. The van der Waals surface area contributed by atoms with Crippen molar-refractivity contribution in [3.63, 3.8) is 0 Å². The van der Waals surface area contributed by atoms with Gasteiger partial charge in [-0.3, -0.25) is 20.4 Å². The quantitative estimate of drug-likeness (QED) is 0.687. The second-order valence-corrected chi connectivity index (χ2v) is 4.84. The molecule has 1 atom stereocenters. The van der Waals surface area contributed by atoms with Gasteiger partial charge in [0.15, 0.2) is 6.10 Å². The van der Waals surface area contributed by atoms with Gasteiger partial charge in [0, 0.05) is 0 Å². The summed E-state index contributed by atoms with van der Waals surface area (Å²) in [5.41, 5.74) is 6.38. The van der Waals surface area contributed by atoms with E-state index in [1.165, 1.54) is 7.11 Å². The van der Waals surface area contributed by atoms with E-state index < -0.39 is 24.0 Å². The molecule has 3 N–H and O–H groups in total. The zero-order valence-corrected chi connectivity index (χ0v) is 13.6. The molecule has 0 aliphatic carbocycles. The van der Waals surface area contributed by atoms with Crippen molar-refractivity contribution in [1.82, 2.24) is 16.2 Å². The fourth-order valence-corrected chi connectivity index (χ4v) is 1.60. The third kappa shape index (κ3) is 5.85. The highest BCUT2D eigenvalue weighted by atomic mass is 16.5. The number of hydrogen-bond acceptors (Lipinski definition) is 5. The number of alkyl carbamates (subject to hydrolysis) is 1. The molecule has 1 aromatic rings. The highest BCUT2D eigenvalue weighted by Gasteiger charge is 2.16. The van der Waals surface area contributed by atoms with Crippen LogP contribution in [0, 0.1) is 13.8 Å². The van der Waals surface area contributed by atoms with Crippen molar-refractivity contribution in [2.75, 3.05) is 13.7 Å². The van der Waals surface area contributed by atoms with Crippen LogP contribution in [-0.4, -0.2) is 37.7 Å². The van der Waals surface area contributed by atoms with Crippen LogP contribution in [0.2, 0.25) is 0 Å². The fraction of sp³-hybridized carbons (Fsp3) is 0.400. The summed E-state index contributed by atoms with van der Waals surface area (Å²) in [6.07, 6.45) is -1.54. The van der Waals surface area contributed by atoms with Crippen molar-refractivity contribution >= 4 is 17.9 Å². The van der Waals surface area contributed by atoms with Crippen molar-refractivity contribution in [2.45, 2.75) is 26.9 Å². The first-order valence-corrected chi connectivity index (χ1v) is 6.98. The van der Waals surface area contributed by atoms with Gasteiger partial charge in [0.2, 0.25) is 0 Å². The summed E-state index contributed by atoms with van der Waals surface area (Å²) in [6.45, 7) is 5.09. The number of carbonyl (C=O) groups excluding carboxylic acids is 3. The van der Waals surface area contributed by atoms with Crippen molar-refractivity contribution in [2.24, 2.45) is 0 Å². The second-order valence-electron chi connectivity index (χ2n) is 4.84. The molecule has 1 aromatic carbocycles. The van der Waals surface area contributed by atoms with Crippen LogP contribution in [0.1, 0.15) is 18.1 Å². The summed E-state index contributed by atoms with van der Waals surface area (Å²) in [5, 5.41) is 2.18. The van der Waals surface area contributed by atoms with Gasteiger partial charge in [-0.25, -0.2) is 4.79 Å². The Hall–Kier alpha value is -2.77. The van der Waals surface area contributed by atoms with Gasteiger partial charge in [-0.15, -0.1) is 0 Å². The SMILES string of the molecule is COC(=O)NCC(=O)NNC(=O)[C@H](C)Oc1cccc(C)c1C. The molecule has 0 aromatic heterocycles. The van der Waals surface area contributed by atoms with Gasteiger partial charge in [-0.05, 0) is 38.0 Å². The van der Waals surface area contributed by atoms with E-state index in [4.69, 9.17) is 4.74 Å². The molecule has 0 saturated heterocycles. The van der Waals surface area contributed by atoms with Gasteiger partial charge in [-0.2, -0.15) is 0 Å². The molecule has 8 heteroatoms. The van der Waals surface area contributed by atoms with E-state index in [0.29, 0.717) is 5.75 Å². The molecule has 0 aliphatic heterocycles. The molecule has 0 heterocycles. The maximum atomic E-state index is 11.9. The molecular weight excluding hydrogens is 302 g/mol. The summed E-state index contributed by atoms with van der Waals surface area (Å²) < 4.78 is 9.90. The van der Waals surface area contributed by atoms with Crippen molar-refractivity contribution in [1.29, 1.82) is 0 Å². The molecule has 0 saturated carbocycles. The van der Waals surface area contributed by atoms with E-state index in [1.54, 1.807) is 13.0 Å². The van der Waals surface area contributed by atoms with Crippen LogP contribution < -0.4 is 20.9 Å². The van der Waals surface area contributed by atoms with E-state index >= 15 is 0 Å². The molecule has 23 heavy (non-hydrogen) atoms. The van der Waals surface area contributed by atoms with Crippen LogP contribution in [0.3, 0.4) is 0 Å². The molecule has 0 aliphatic rings. The molecule has 0 unspecified atom stereocenters. The number of aryl methyl sites for hydroxylation is 1. The molecule has 8 nitrogen and oxygen atoms in total. The monoisotopic (exact) mass is 323 g/mol. The number of methoxy groups -OCH3 is 1. The molecule has 1 rings (SSSR count). The van der Waals surface area contributed by atoms with Gasteiger partial charge >= 0.3 is 6.09 Å². The molecule has 126 valence electrons. The number of amides is 3. The minimum Gasteiger partial charge on any atom is -0.481 e. The van der Waals surface area contributed by atoms with E-state index in [2.05, 4.69) is 20.9 Å². The Morgan fingerprint density at radius 3 is 2.52 bits per heavy atom. The molecule has 0 spiro atoms. The lowest BCUT2D eigenvalue weighted by Gasteiger charge is -2.17. The van der Waals surface area contributed by atoms with E-state index in [1.807, 2.05) is 26.0 Å². The third-order valence-corrected chi connectivity index (χ3v) is 3.13. The lowest BCUT2D eigenvalue weighted by molar-refractivity contribution is -0.132. The predicted octanol–water partition coefficient (Wildman–Crippen LogP) is 0.574. The van der Waals surface area contributed by atoms with Crippen molar-refractivity contribution < 1.29 is 23.9 Å². The number of ether oxygens (including phenoxy) is 2. The van der Waals surface area contributed by atoms with Gasteiger partial charge in [0.25, 0.3) is 11.8 Å². The number of rotatable bonds is 5. The topological polar surface area (TPSA) is 106 Å². The van der Waals surface area contributed by atoms with Gasteiger partial charge < -0.3 is 14.8 Å². The van der Waals surface area contributed by atoms with E-state index in [9.17, 15) is 14.4 Å². The Morgan fingerprint density at radius 2 is 1.87 bits per heavy atom. The summed E-state index contributed by atoms with van der Waals surface area (Å²) in [7, 11) is 1.18. The van der Waals surface area contributed by atoms with E-state index in [-0.39, 0.29) is 6.54 Å². The Labute approximate surface area is 134 Å². The zero-order valence-electron chi connectivity index (χ0n) is 13.6. The van der Waals surface area contributed by atoms with Crippen LogP contribution in [0.5, 0.6) is 5.75 Å². The Balaban J connectivity index is 2.44. The second kappa shape index (κ2) is 8.62. The summed E-state index contributed by atoms with van der Waals surface area (Å²) in [5.74, 6) is -0.508. The number of benzene rings is 1. The third-order valence-electron chi connectivity index (χ3n) is 3.13. The maximum absolute atomic E-state index is 11.9. The Kier molecular flexibility index (Phi) is 6.85. The largest absolute Gasteiger partial charge is 0.481 e. The zero-order chi connectivity index (χ0) is 17.4. The summed E-state index contributed by atoms with van der Waals surface area (Å²) >= 11 is 0. The van der Waals surface area contributed by atoms with E-state index in [0.717, 1.165) is 11.1 Å². The van der Waals surface area contributed by atoms with Crippen LogP contribution >= 0.6 is 0 Å². The van der Waals surface area contributed by atoms with Crippen molar-refractivity contribution in [3.8, 4) is 5.75 Å². The van der Waals surface area contributed by atoms with Crippen LogP contribution in [0.4, 0.5) is 4.79 Å². The molecule has 0 bridgehead atoms. The highest BCUT2D eigenvalue weighted by Crippen LogP contribution is 2.21. The number of hydrazine groups is 1. The summed E-state index contributed by atoms with van der Waals surface area (Å²) in [6, 6.07) is 5.55. The summed E-state index contributed by atoms with van der Waals surface area (Å²) in [4.78, 5) is 34.1. The number of hydrogen-bond donors (Lipinski definition) is 3. The predicted molar refractivity (Wildman–Crippen MR) is 82.7 cm³/mol. The van der Waals surface area contributed by atoms with Crippen LogP contribution in [0.15, 0.2) is 18.2 Å².